The quantitative estimate of drug-likeness (QED) is 0.823. The van der Waals surface area contributed by atoms with E-state index < -0.39 is 5.60 Å². The summed E-state index contributed by atoms with van der Waals surface area (Å²) in [6.45, 7) is 10.5. The molecule has 1 amide bonds. The van der Waals surface area contributed by atoms with Crippen LogP contribution in [0.3, 0.4) is 0 Å². The normalized spacial score (nSPS) is 16.3. The first-order valence-corrected chi connectivity index (χ1v) is 8.19. The molecule has 0 atom stereocenters. The van der Waals surface area contributed by atoms with E-state index in [1.54, 1.807) is 4.90 Å². The van der Waals surface area contributed by atoms with Gasteiger partial charge in [-0.2, -0.15) is 4.98 Å². The lowest BCUT2D eigenvalue weighted by atomic mass is 10.1. The zero-order valence-electron chi connectivity index (χ0n) is 14.4. The van der Waals surface area contributed by atoms with Gasteiger partial charge in [0.05, 0.1) is 11.4 Å². The van der Waals surface area contributed by atoms with Crippen LogP contribution in [0.5, 0.6) is 5.88 Å². The SMILES string of the molecule is Cc1nc(C)c(OC2CCN(C(=O)OC(C)(C)C)CC2)nc1Cl. The molecule has 0 N–H and O–H groups in total. The van der Waals surface area contributed by atoms with Gasteiger partial charge in [-0.1, -0.05) is 11.6 Å². The second-order valence-electron chi connectivity index (χ2n) is 6.77. The first-order valence-electron chi connectivity index (χ1n) is 7.81. The Morgan fingerprint density at radius 2 is 1.78 bits per heavy atom. The maximum Gasteiger partial charge on any atom is 0.410 e. The molecule has 1 fully saturated rings. The van der Waals surface area contributed by atoms with Gasteiger partial charge in [0.25, 0.3) is 0 Å². The molecule has 1 aromatic rings. The highest BCUT2D eigenvalue weighted by Crippen LogP contribution is 2.23. The van der Waals surface area contributed by atoms with Crippen LogP contribution >= 0.6 is 11.6 Å². The molecule has 2 rings (SSSR count). The number of ether oxygens (including phenoxy) is 2. The van der Waals surface area contributed by atoms with E-state index in [4.69, 9.17) is 21.1 Å². The summed E-state index contributed by atoms with van der Waals surface area (Å²) in [5.41, 5.74) is 0.938. The second-order valence-corrected chi connectivity index (χ2v) is 7.13. The van der Waals surface area contributed by atoms with Crippen molar-refractivity contribution < 1.29 is 14.3 Å². The zero-order chi connectivity index (χ0) is 17.2. The highest BCUT2D eigenvalue weighted by molar-refractivity contribution is 6.30. The first kappa shape index (κ1) is 17.8. The topological polar surface area (TPSA) is 64.5 Å². The van der Waals surface area contributed by atoms with Crippen molar-refractivity contribution in [3.63, 3.8) is 0 Å². The molecule has 2 heterocycles. The molecular formula is C16H24ClN3O3. The fourth-order valence-electron chi connectivity index (χ4n) is 2.35. The van der Waals surface area contributed by atoms with Gasteiger partial charge in [0.1, 0.15) is 11.7 Å². The monoisotopic (exact) mass is 341 g/mol. The Morgan fingerprint density at radius 3 is 2.35 bits per heavy atom. The molecule has 1 aliphatic rings. The molecule has 0 aromatic carbocycles. The molecule has 0 saturated carbocycles. The number of rotatable bonds is 2. The summed E-state index contributed by atoms with van der Waals surface area (Å²) < 4.78 is 11.3. The summed E-state index contributed by atoms with van der Waals surface area (Å²) in [5.74, 6) is 0.469. The molecule has 0 radical (unpaired) electrons. The van der Waals surface area contributed by atoms with Crippen molar-refractivity contribution in [1.29, 1.82) is 0 Å². The van der Waals surface area contributed by atoms with E-state index in [-0.39, 0.29) is 12.2 Å². The summed E-state index contributed by atoms with van der Waals surface area (Å²) in [4.78, 5) is 22.3. The summed E-state index contributed by atoms with van der Waals surface area (Å²) in [6, 6.07) is 0. The molecule has 23 heavy (non-hydrogen) atoms. The van der Waals surface area contributed by atoms with Crippen LogP contribution in [0.15, 0.2) is 0 Å². The van der Waals surface area contributed by atoms with Crippen LogP contribution in [0, 0.1) is 13.8 Å². The minimum Gasteiger partial charge on any atom is -0.473 e. The van der Waals surface area contributed by atoms with E-state index in [1.165, 1.54) is 0 Å². The number of nitrogens with zero attached hydrogens (tertiary/aromatic N) is 3. The number of hydrogen-bond acceptors (Lipinski definition) is 5. The fourth-order valence-corrected chi connectivity index (χ4v) is 2.47. The predicted molar refractivity (Wildman–Crippen MR) is 88.0 cm³/mol. The van der Waals surface area contributed by atoms with Gasteiger partial charge < -0.3 is 14.4 Å². The van der Waals surface area contributed by atoms with E-state index in [0.29, 0.717) is 29.8 Å². The van der Waals surface area contributed by atoms with Gasteiger partial charge in [0, 0.05) is 25.9 Å². The molecule has 0 bridgehead atoms. The average molecular weight is 342 g/mol. The molecule has 128 valence electrons. The highest BCUT2D eigenvalue weighted by atomic mass is 35.5. The van der Waals surface area contributed by atoms with Gasteiger partial charge in [-0.25, -0.2) is 9.78 Å². The van der Waals surface area contributed by atoms with E-state index in [9.17, 15) is 4.79 Å². The van der Waals surface area contributed by atoms with E-state index in [1.807, 2.05) is 34.6 Å². The molecule has 0 aliphatic carbocycles. The lowest BCUT2D eigenvalue weighted by Gasteiger charge is -2.33. The number of carbonyl (C=O) groups excluding carboxylic acids is 1. The Kier molecular flexibility index (Phi) is 5.34. The number of piperidine rings is 1. The Morgan fingerprint density at radius 1 is 1.17 bits per heavy atom. The highest BCUT2D eigenvalue weighted by Gasteiger charge is 2.28. The van der Waals surface area contributed by atoms with Gasteiger partial charge in [-0.3, -0.25) is 0 Å². The van der Waals surface area contributed by atoms with Crippen LogP contribution in [0.25, 0.3) is 0 Å². The third-order valence-corrected chi connectivity index (χ3v) is 3.87. The summed E-state index contributed by atoms with van der Waals surface area (Å²) >= 11 is 6.01. The van der Waals surface area contributed by atoms with Crippen LogP contribution in [-0.4, -0.2) is 45.8 Å². The third kappa shape index (κ3) is 4.96. The van der Waals surface area contributed by atoms with Crippen molar-refractivity contribution in [2.45, 2.75) is 59.2 Å². The molecule has 6 nitrogen and oxygen atoms in total. The molecular weight excluding hydrogens is 318 g/mol. The van der Waals surface area contributed by atoms with Crippen molar-refractivity contribution in [3.8, 4) is 5.88 Å². The van der Waals surface area contributed by atoms with Crippen LogP contribution in [0.4, 0.5) is 4.79 Å². The van der Waals surface area contributed by atoms with Gasteiger partial charge in [-0.05, 0) is 34.6 Å². The number of likely N-dealkylation sites (tertiary alicyclic amines) is 1. The third-order valence-electron chi connectivity index (χ3n) is 3.52. The van der Waals surface area contributed by atoms with Gasteiger partial charge in [0.15, 0.2) is 5.15 Å². The number of aromatic nitrogens is 2. The van der Waals surface area contributed by atoms with Crippen molar-refractivity contribution in [3.05, 3.63) is 16.5 Å². The minimum atomic E-state index is -0.476. The lowest BCUT2D eigenvalue weighted by molar-refractivity contribution is 0.0122. The number of hydrogen-bond donors (Lipinski definition) is 0. The number of amides is 1. The second kappa shape index (κ2) is 6.91. The van der Waals surface area contributed by atoms with Gasteiger partial charge >= 0.3 is 6.09 Å². The summed E-state index contributed by atoms with van der Waals surface area (Å²) in [6.07, 6.45) is 1.18. The first-order chi connectivity index (χ1) is 10.7. The summed E-state index contributed by atoms with van der Waals surface area (Å²) in [7, 11) is 0. The van der Waals surface area contributed by atoms with Crippen molar-refractivity contribution in [2.75, 3.05) is 13.1 Å². The van der Waals surface area contributed by atoms with E-state index in [0.717, 1.165) is 18.5 Å². The summed E-state index contributed by atoms with van der Waals surface area (Å²) in [5, 5.41) is 0.358. The maximum absolute atomic E-state index is 12.0. The largest absolute Gasteiger partial charge is 0.473 e. The van der Waals surface area contributed by atoms with Crippen molar-refractivity contribution in [1.82, 2.24) is 14.9 Å². The Labute approximate surface area is 142 Å². The Bertz CT molecular complexity index is 579. The average Bonchev–Trinajstić information content (AvgIpc) is 2.43. The fraction of sp³-hybridized carbons (Fsp3) is 0.688. The van der Waals surface area contributed by atoms with Crippen molar-refractivity contribution in [2.24, 2.45) is 0 Å². The van der Waals surface area contributed by atoms with Crippen LogP contribution in [0.2, 0.25) is 5.15 Å². The smallest absolute Gasteiger partial charge is 0.410 e. The molecule has 1 aromatic heterocycles. The minimum absolute atomic E-state index is 0.000425. The number of carbonyl (C=O) groups is 1. The lowest BCUT2D eigenvalue weighted by Crippen LogP contribution is -2.44. The molecule has 0 unspecified atom stereocenters. The maximum atomic E-state index is 12.0. The van der Waals surface area contributed by atoms with Crippen LogP contribution in [-0.2, 0) is 4.74 Å². The van der Waals surface area contributed by atoms with Crippen LogP contribution < -0.4 is 4.74 Å². The Hall–Kier alpha value is -1.56. The molecule has 1 aliphatic heterocycles. The molecule has 7 heteroatoms. The van der Waals surface area contributed by atoms with Crippen LogP contribution in [0.1, 0.15) is 45.0 Å². The van der Waals surface area contributed by atoms with Crippen molar-refractivity contribution >= 4 is 17.7 Å². The standard InChI is InChI=1S/C16H24ClN3O3/c1-10-13(17)19-14(11(2)18-10)22-12-6-8-20(9-7-12)15(21)23-16(3,4)5/h12H,6-9H2,1-5H3. The van der Waals surface area contributed by atoms with Gasteiger partial charge in [0.2, 0.25) is 5.88 Å². The number of halogens is 1. The van der Waals surface area contributed by atoms with E-state index in [2.05, 4.69) is 9.97 Å². The van der Waals surface area contributed by atoms with E-state index >= 15 is 0 Å². The number of aryl methyl sites for hydroxylation is 2. The zero-order valence-corrected chi connectivity index (χ0v) is 15.1. The predicted octanol–water partition coefficient (Wildman–Crippen LogP) is 3.53. The van der Waals surface area contributed by atoms with Gasteiger partial charge in [-0.15, -0.1) is 0 Å². The molecule has 1 saturated heterocycles. The Balaban J connectivity index is 1.90. The molecule has 0 spiro atoms.